The second kappa shape index (κ2) is 4.93. The van der Waals surface area contributed by atoms with Gasteiger partial charge >= 0.3 is 0 Å². The van der Waals surface area contributed by atoms with E-state index in [-0.39, 0.29) is 0 Å². The number of aryl methyl sites for hydroxylation is 2. The largest absolute Gasteiger partial charge is 0.253 e. The third-order valence-corrected chi connectivity index (χ3v) is 5.43. The van der Waals surface area contributed by atoms with Crippen LogP contribution in [0.15, 0.2) is 40.6 Å². The molecule has 2 aromatic rings. The first-order valence-electron chi connectivity index (χ1n) is 5.16. The molecule has 0 radical (unpaired) electrons. The van der Waals surface area contributed by atoms with E-state index in [1.807, 2.05) is 37.3 Å². The van der Waals surface area contributed by atoms with Crippen molar-refractivity contribution in [2.75, 3.05) is 0 Å². The lowest BCUT2D eigenvalue weighted by Gasteiger charge is -2.01. The highest BCUT2D eigenvalue weighted by atomic mass is 32.2. The summed E-state index contributed by atoms with van der Waals surface area (Å²) in [6.07, 6.45) is 0. The van der Waals surface area contributed by atoms with Gasteiger partial charge in [0.2, 0.25) is 0 Å². The Kier molecular flexibility index (Phi) is 3.56. The van der Waals surface area contributed by atoms with Crippen molar-refractivity contribution in [2.24, 2.45) is 0 Å². The molecule has 0 saturated carbocycles. The Hall–Kier alpha value is -0.930. The molecule has 1 unspecified atom stereocenters. The molecule has 16 heavy (non-hydrogen) atoms. The molecule has 0 aliphatic rings. The molecule has 1 aromatic carbocycles. The standard InChI is InChI=1S/C13H14OS2/c1-10-8-11(2)15-13(10)16(14)9-12-6-4-3-5-7-12/h3-8H,9H2,1-2H3. The average Bonchev–Trinajstić information content (AvgIpc) is 2.59. The van der Waals surface area contributed by atoms with Crippen LogP contribution >= 0.6 is 11.3 Å². The van der Waals surface area contributed by atoms with E-state index in [0.717, 1.165) is 15.3 Å². The fraction of sp³-hybridized carbons (Fsp3) is 0.231. The normalized spacial score (nSPS) is 12.6. The first-order valence-corrected chi connectivity index (χ1v) is 7.29. The van der Waals surface area contributed by atoms with E-state index in [0.29, 0.717) is 5.75 Å². The van der Waals surface area contributed by atoms with Gasteiger partial charge in [0.1, 0.15) is 0 Å². The Labute approximate surface area is 103 Å². The van der Waals surface area contributed by atoms with Gasteiger partial charge in [0, 0.05) is 4.88 Å². The van der Waals surface area contributed by atoms with Gasteiger partial charge in [0.15, 0.2) is 0 Å². The van der Waals surface area contributed by atoms with Gasteiger partial charge in [-0.3, -0.25) is 4.21 Å². The number of rotatable bonds is 3. The van der Waals surface area contributed by atoms with Crippen molar-refractivity contribution >= 4 is 22.1 Å². The molecule has 84 valence electrons. The first kappa shape index (κ1) is 11.6. The van der Waals surface area contributed by atoms with Crippen molar-refractivity contribution in [1.29, 1.82) is 0 Å². The summed E-state index contributed by atoms with van der Waals surface area (Å²) < 4.78 is 13.2. The van der Waals surface area contributed by atoms with Crippen molar-refractivity contribution < 1.29 is 4.21 Å². The SMILES string of the molecule is Cc1cc(C)c(S(=O)Cc2ccccc2)s1. The predicted octanol–water partition coefficient (Wildman–Crippen LogP) is 3.67. The minimum absolute atomic E-state index is 0.613. The molecule has 0 spiro atoms. The van der Waals surface area contributed by atoms with Crippen LogP contribution in [0, 0.1) is 13.8 Å². The molecular formula is C13H14OS2. The summed E-state index contributed by atoms with van der Waals surface area (Å²) in [6.45, 7) is 4.09. The fourth-order valence-electron chi connectivity index (χ4n) is 1.64. The van der Waals surface area contributed by atoms with E-state index in [2.05, 4.69) is 13.0 Å². The summed E-state index contributed by atoms with van der Waals surface area (Å²) in [5.41, 5.74) is 2.28. The number of thiophene rings is 1. The van der Waals surface area contributed by atoms with E-state index in [9.17, 15) is 4.21 Å². The van der Waals surface area contributed by atoms with Gasteiger partial charge < -0.3 is 0 Å². The molecule has 1 atom stereocenters. The maximum atomic E-state index is 12.2. The average molecular weight is 250 g/mol. The third kappa shape index (κ3) is 2.60. The van der Waals surface area contributed by atoms with Crippen LogP contribution in [0.1, 0.15) is 16.0 Å². The highest BCUT2D eigenvalue weighted by Gasteiger charge is 2.11. The van der Waals surface area contributed by atoms with Crippen LogP contribution < -0.4 is 0 Å². The molecule has 1 heterocycles. The summed E-state index contributed by atoms with van der Waals surface area (Å²) in [4.78, 5) is 1.23. The van der Waals surface area contributed by atoms with Crippen LogP contribution in [-0.4, -0.2) is 4.21 Å². The van der Waals surface area contributed by atoms with Crippen molar-refractivity contribution in [1.82, 2.24) is 0 Å². The van der Waals surface area contributed by atoms with Crippen molar-refractivity contribution in [3.8, 4) is 0 Å². The molecule has 1 aromatic heterocycles. The van der Waals surface area contributed by atoms with E-state index >= 15 is 0 Å². The van der Waals surface area contributed by atoms with Crippen molar-refractivity contribution in [3.63, 3.8) is 0 Å². The maximum Gasteiger partial charge on any atom is 0.0945 e. The van der Waals surface area contributed by atoms with Crippen LogP contribution in [0.3, 0.4) is 0 Å². The molecule has 0 saturated heterocycles. The molecule has 0 bridgehead atoms. The van der Waals surface area contributed by atoms with E-state index < -0.39 is 10.8 Å². The third-order valence-electron chi connectivity index (χ3n) is 2.34. The zero-order valence-corrected chi connectivity index (χ0v) is 11.0. The molecule has 0 N–H and O–H groups in total. The Bertz CT molecular complexity index is 500. The first-order chi connectivity index (χ1) is 7.66. The second-order valence-electron chi connectivity index (χ2n) is 3.80. The summed E-state index contributed by atoms with van der Waals surface area (Å²) >= 11 is 1.64. The number of hydrogen-bond acceptors (Lipinski definition) is 2. The molecule has 2 rings (SSSR count). The van der Waals surface area contributed by atoms with Crippen LogP contribution in [-0.2, 0) is 16.6 Å². The van der Waals surface area contributed by atoms with Crippen molar-refractivity contribution in [3.05, 3.63) is 52.4 Å². The quantitative estimate of drug-likeness (QED) is 0.812. The minimum Gasteiger partial charge on any atom is -0.253 e. The van der Waals surface area contributed by atoms with Gasteiger partial charge in [-0.25, -0.2) is 0 Å². The summed E-state index contributed by atoms with van der Waals surface area (Å²) in [7, 11) is -0.907. The van der Waals surface area contributed by atoms with E-state index in [1.165, 1.54) is 4.88 Å². The lowest BCUT2D eigenvalue weighted by molar-refractivity contribution is 0.683. The van der Waals surface area contributed by atoms with Gasteiger partial charge in [-0.1, -0.05) is 30.3 Å². The monoisotopic (exact) mass is 250 g/mol. The van der Waals surface area contributed by atoms with Gasteiger partial charge in [0.25, 0.3) is 0 Å². The molecular weight excluding hydrogens is 236 g/mol. The summed E-state index contributed by atoms with van der Waals surface area (Å²) in [6, 6.07) is 12.1. The predicted molar refractivity (Wildman–Crippen MR) is 70.3 cm³/mol. The smallest absolute Gasteiger partial charge is 0.0945 e. The highest BCUT2D eigenvalue weighted by Crippen LogP contribution is 2.26. The zero-order valence-electron chi connectivity index (χ0n) is 9.40. The van der Waals surface area contributed by atoms with Crippen LogP contribution in [0.4, 0.5) is 0 Å². The zero-order chi connectivity index (χ0) is 11.5. The topological polar surface area (TPSA) is 17.1 Å². The lowest BCUT2D eigenvalue weighted by atomic mass is 10.2. The van der Waals surface area contributed by atoms with Gasteiger partial charge in [-0.05, 0) is 31.0 Å². The Morgan fingerprint density at radius 2 is 1.88 bits per heavy atom. The van der Waals surface area contributed by atoms with Gasteiger partial charge in [-0.15, -0.1) is 11.3 Å². The molecule has 0 aliphatic heterocycles. The van der Waals surface area contributed by atoms with Crippen LogP contribution in [0.2, 0.25) is 0 Å². The molecule has 0 aliphatic carbocycles. The highest BCUT2D eigenvalue weighted by molar-refractivity contribution is 7.86. The number of benzene rings is 1. The molecule has 0 amide bonds. The van der Waals surface area contributed by atoms with Gasteiger partial charge in [-0.2, -0.15) is 0 Å². The Morgan fingerprint density at radius 3 is 2.44 bits per heavy atom. The lowest BCUT2D eigenvalue weighted by Crippen LogP contribution is -1.95. The van der Waals surface area contributed by atoms with Crippen LogP contribution in [0.5, 0.6) is 0 Å². The second-order valence-corrected chi connectivity index (χ2v) is 6.71. The van der Waals surface area contributed by atoms with Gasteiger partial charge in [0.05, 0.1) is 20.8 Å². The minimum atomic E-state index is -0.907. The Balaban J connectivity index is 2.18. The Morgan fingerprint density at radius 1 is 1.19 bits per heavy atom. The molecule has 1 nitrogen and oxygen atoms in total. The van der Waals surface area contributed by atoms with Crippen LogP contribution in [0.25, 0.3) is 0 Å². The molecule has 3 heteroatoms. The summed E-state index contributed by atoms with van der Waals surface area (Å²) in [5, 5.41) is 0. The van der Waals surface area contributed by atoms with E-state index in [4.69, 9.17) is 0 Å². The maximum absolute atomic E-state index is 12.2. The summed E-state index contributed by atoms with van der Waals surface area (Å²) in [5.74, 6) is 0.613. The molecule has 0 fully saturated rings. The fourth-order valence-corrected chi connectivity index (χ4v) is 4.37. The number of hydrogen-bond donors (Lipinski definition) is 0. The van der Waals surface area contributed by atoms with E-state index in [1.54, 1.807) is 11.3 Å². The van der Waals surface area contributed by atoms with Crippen molar-refractivity contribution in [2.45, 2.75) is 23.8 Å².